The third kappa shape index (κ3) is 3.92. The number of nitrogens with zero attached hydrogens (tertiary/aromatic N) is 2. The van der Waals surface area contributed by atoms with Crippen LogP contribution in [0.25, 0.3) is 22.5 Å². The van der Waals surface area contributed by atoms with E-state index in [1.165, 1.54) is 0 Å². The molecule has 4 N–H and O–H groups in total. The lowest BCUT2D eigenvalue weighted by Crippen LogP contribution is -2.00. The van der Waals surface area contributed by atoms with E-state index in [0.717, 1.165) is 16.7 Å². The van der Waals surface area contributed by atoms with Gasteiger partial charge in [-0.2, -0.15) is 0 Å². The molecule has 0 aliphatic carbocycles. The van der Waals surface area contributed by atoms with Gasteiger partial charge in [0.25, 0.3) is 0 Å². The van der Waals surface area contributed by atoms with Crippen LogP contribution in [0.5, 0.6) is 5.75 Å². The molecule has 6 heteroatoms. The summed E-state index contributed by atoms with van der Waals surface area (Å²) in [6.45, 7) is 0. The molecular formula is C19H17N3O3. The van der Waals surface area contributed by atoms with Crippen molar-refractivity contribution in [3.8, 4) is 28.3 Å². The predicted molar refractivity (Wildman–Crippen MR) is 94.9 cm³/mol. The van der Waals surface area contributed by atoms with E-state index in [2.05, 4.69) is 9.97 Å². The van der Waals surface area contributed by atoms with Gasteiger partial charge < -0.3 is 15.9 Å². The van der Waals surface area contributed by atoms with Crippen LogP contribution in [-0.4, -0.2) is 26.2 Å². The van der Waals surface area contributed by atoms with E-state index in [1.807, 2.05) is 30.3 Å². The fourth-order valence-corrected chi connectivity index (χ4v) is 2.50. The van der Waals surface area contributed by atoms with Gasteiger partial charge >= 0.3 is 5.97 Å². The fourth-order valence-electron chi connectivity index (χ4n) is 2.50. The molecule has 0 amide bonds. The van der Waals surface area contributed by atoms with Crippen LogP contribution in [0.3, 0.4) is 0 Å². The van der Waals surface area contributed by atoms with E-state index in [-0.39, 0.29) is 12.2 Å². The molecule has 126 valence electrons. The topological polar surface area (TPSA) is 109 Å². The number of rotatable bonds is 5. The molecule has 1 aromatic heterocycles. The van der Waals surface area contributed by atoms with Crippen molar-refractivity contribution in [3.63, 3.8) is 0 Å². The van der Waals surface area contributed by atoms with Crippen LogP contribution in [0, 0.1) is 0 Å². The van der Waals surface area contributed by atoms with Crippen molar-refractivity contribution in [2.45, 2.75) is 12.8 Å². The monoisotopic (exact) mass is 335 g/mol. The molecule has 3 aromatic rings. The lowest BCUT2D eigenvalue weighted by Gasteiger charge is -2.08. The van der Waals surface area contributed by atoms with Gasteiger partial charge in [-0.15, -0.1) is 0 Å². The summed E-state index contributed by atoms with van der Waals surface area (Å²) in [5, 5.41) is 18.4. The number of benzene rings is 2. The number of nitrogens with two attached hydrogens (primary N) is 1. The van der Waals surface area contributed by atoms with Crippen LogP contribution in [0.2, 0.25) is 0 Å². The van der Waals surface area contributed by atoms with E-state index in [0.29, 0.717) is 23.6 Å². The molecule has 6 nitrogen and oxygen atoms in total. The van der Waals surface area contributed by atoms with Crippen molar-refractivity contribution in [1.29, 1.82) is 0 Å². The molecule has 25 heavy (non-hydrogen) atoms. The van der Waals surface area contributed by atoms with Crippen molar-refractivity contribution < 1.29 is 15.0 Å². The van der Waals surface area contributed by atoms with E-state index >= 15 is 0 Å². The lowest BCUT2D eigenvalue weighted by atomic mass is 10.0. The highest BCUT2D eigenvalue weighted by molar-refractivity contribution is 5.73. The second-order valence-electron chi connectivity index (χ2n) is 5.63. The second kappa shape index (κ2) is 7.00. The van der Waals surface area contributed by atoms with Crippen molar-refractivity contribution in [2.75, 3.05) is 5.73 Å². The molecule has 0 bridgehead atoms. The first-order chi connectivity index (χ1) is 12.0. The molecule has 0 aliphatic heterocycles. The number of nitrogen functional groups attached to an aromatic ring is 1. The van der Waals surface area contributed by atoms with Crippen LogP contribution in [0.1, 0.15) is 12.0 Å². The maximum atomic E-state index is 10.6. The number of aliphatic carboxylic acids is 1. The lowest BCUT2D eigenvalue weighted by molar-refractivity contribution is -0.136. The van der Waals surface area contributed by atoms with Crippen molar-refractivity contribution in [1.82, 2.24) is 9.97 Å². The van der Waals surface area contributed by atoms with Gasteiger partial charge in [0, 0.05) is 17.5 Å². The summed E-state index contributed by atoms with van der Waals surface area (Å²) in [6.07, 6.45) is 2.13. The number of aryl methyl sites for hydroxylation is 1. The molecule has 0 radical (unpaired) electrons. The molecule has 0 atom stereocenters. The Hall–Kier alpha value is -3.41. The summed E-state index contributed by atoms with van der Waals surface area (Å²) in [5.41, 5.74) is 9.59. The quantitative estimate of drug-likeness (QED) is 0.661. The standard InChI is InChI=1S/C19H17N3O3/c20-19-18(13-7-4-12(5-8-13)6-9-17(24)25)22-16(11-21-19)14-2-1-3-15(23)10-14/h1-5,7-8,10-11,23H,6,9H2,(H2,20,21)(H,24,25). The first-order valence-corrected chi connectivity index (χ1v) is 7.76. The minimum absolute atomic E-state index is 0.0915. The number of carboxylic acid groups (broad SMARTS) is 1. The zero-order valence-electron chi connectivity index (χ0n) is 13.4. The number of carbonyl (C=O) groups is 1. The molecule has 3 rings (SSSR count). The number of aromatic nitrogens is 2. The Kier molecular flexibility index (Phi) is 4.61. The van der Waals surface area contributed by atoms with Gasteiger partial charge in [-0.05, 0) is 24.1 Å². The number of aromatic hydroxyl groups is 1. The normalized spacial score (nSPS) is 10.6. The Labute approximate surface area is 144 Å². The van der Waals surface area contributed by atoms with Crippen molar-refractivity contribution in [2.24, 2.45) is 0 Å². The number of carboxylic acids is 1. The first kappa shape index (κ1) is 16.4. The fraction of sp³-hybridized carbons (Fsp3) is 0.105. The molecule has 0 saturated carbocycles. The van der Waals surface area contributed by atoms with Gasteiger partial charge in [-0.1, -0.05) is 36.4 Å². The molecule has 0 spiro atoms. The SMILES string of the molecule is Nc1ncc(-c2cccc(O)c2)nc1-c1ccc(CCC(=O)O)cc1. The van der Waals surface area contributed by atoms with E-state index < -0.39 is 5.97 Å². The molecule has 0 saturated heterocycles. The van der Waals surface area contributed by atoms with Crippen LogP contribution in [0.4, 0.5) is 5.82 Å². The average molecular weight is 335 g/mol. The smallest absolute Gasteiger partial charge is 0.303 e. The van der Waals surface area contributed by atoms with Crippen LogP contribution >= 0.6 is 0 Å². The highest BCUT2D eigenvalue weighted by Crippen LogP contribution is 2.27. The summed E-state index contributed by atoms with van der Waals surface area (Å²) in [6, 6.07) is 14.2. The summed E-state index contributed by atoms with van der Waals surface area (Å²) in [4.78, 5) is 19.4. The number of phenolic OH excluding ortho intramolecular Hbond substituents is 1. The van der Waals surface area contributed by atoms with Gasteiger partial charge in [-0.3, -0.25) is 4.79 Å². The van der Waals surface area contributed by atoms with E-state index in [9.17, 15) is 9.90 Å². The molecule has 0 fully saturated rings. The molecule has 2 aromatic carbocycles. The van der Waals surface area contributed by atoms with Gasteiger partial charge in [0.1, 0.15) is 17.3 Å². The van der Waals surface area contributed by atoms with Gasteiger partial charge in [0.15, 0.2) is 0 Å². The maximum Gasteiger partial charge on any atom is 0.303 e. The maximum absolute atomic E-state index is 10.6. The highest BCUT2D eigenvalue weighted by Gasteiger charge is 2.10. The number of hydrogen-bond donors (Lipinski definition) is 3. The average Bonchev–Trinajstić information content (AvgIpc) is 2.61. The highest BCUT2D eigenvalue weighted by atomic mass is 16.4. The van der Waals surface area contributed by atoms with Gasteiger partial charge in [-0.25, -0.2) is 9.97 Å². The van der Waals surface area contributed by atoms with Crippen molar-refractivity contribution >= 4 is 11.8 Å². The number of phenols is 1. The zero-order chi connectivity index (χ0) is 17.8. The third-order valence-electron chi connectivity index (χ3n) is 3.80. The minimum Gasteiger partial charge on any atom is -0.508 e. The Morgan fingerprint density at radius 2 is 1.84 bits per heavy atom. The van der Waals surface area contributed by atoms with Crippen LogP contribution < -0.4 is 5.73 Å². The van der Waals surface area contributed by atoms with Crippen LogP contribution in [-0.2, 0) is 11.2 Å². The molecule has 0 aliphatic rings. The molecular weight excluding hydrogens is 318 g/mol. The number of hydrogen-bond acceptors (Lipinski definition) is 5. The Morgan fingerprint density at radius 1 is 1.08 bits per heavy atom. The van der Waals surface area contributed by atoms with E-state index in [1.54, 1.807) is 24.4 Å². The largest absolute Gasteiger partial charge is 0.508 e. The summed E-state index contributed by atoms with van der Waals surface area (Å²) >= 11 is 0. The zero-order valence-corrected chi connectivity index (χ0v) is 13.4. The van der Waals surface area contributed by atoms with Gasteiger partial charge in [0.2, 0.25) is 0 Å². The van der Waals surface area contributed by atoms with E-state index in [4.69, 9.17) is 10.8 Å². The Morgan fingerprint density at radius 3 is 2.52 bits per heavy atom. The predicted octanol–water partition coefficient (Wildman–Crippen LogP) is 3.12. The minimum atomic E-state index is -0.821. The summed E-state index contributed by atoms with van der Waals surface area (Å²) in [7, 11) is 0. The molecule has 1 heterocycles. The second-order valence-corrected chi connectivity index (χ2v) is 5.63. The van der Waals surface area contributed by atoms with Gasteiger partial charge in [0.05, 0.1) is 11.9 Å². The summed E-state index contributed by atoms with van der Waals surface area (Å²) in [5.74, 6) is -0.361. The first-order valence-electron chi connectivity index (χ1n) is 7.76. The Bertz CT molecular complexity index is 908. The molecule has 0 unspecified atom stereocenters. The summed E-state index contributed by atoms with van der Waals surface area (Å²) < 4.78 is 0. The van der Waals surface area contributed by atoms with Crippen molar-refractivity contribution in [3.05, 3.63) is 60.3 Å². The number of anilines is 1. The van der Waals surface area contributed by atoms with Crippen LogP contribution in [0.15, 0.2) is 54.7 Å². The Balaban J connectivity index is 1.91. The third-order valence-corrected chi connectivity index (χ3v) is 3.80.